The number of anilines is 3. The van der Waals surface area contributed by atoms with E-state index in [1.54, 1.807) is 17.0 Å². The average Bonchev–Trinajstić information content (AvgIpc) is 3.28. The molecule has 0 bridgehead atoms. The van der Waals surface area contributed by atoms with E-state index >= 15 is 0 Å². The number of carbonyl (C=O) groups is 2. The van der Waals surface area contributed by atoms with Gasteiger partial charge in [0.1, 0.15) is 11.4 Å². The smallest absolute Gasteiger partial charge is 0.257 e. The second kappa shape index (κ2) is 9.72. The van der Waals surface area contributed by atoms with Crippen molar-refractivity contribution in [2.75, 3.05) is 30.3 Å². The molecule has 2 aliphatic rings. The molecule has 9 nitrogen and oxygen atoms in total. The number of amides is 2. The summed E-state index contributed by atoms with van der Waals surface area (Å²) in [4.78, 5) is 51.9. The zero-order valence-corrected chi connectivity index (χ0v) is 20.7. The van der Waals surface area contributed by atoms with E-state index in [0.717, 1.165) is 12.0 Å². The van der Waals surface area contributed by atoms with Crippen LogP contribution in [0.5, 0.6) is 5.75 Å². The first-order valence-corrected chi connectivity index (χ1v) is 12.7. The van der Waals surface area contributed by atoms with Gasteiger partial charge in [-0.15, -0.1) is 0 Å². The van der Waals surface area contributed by atoms with E-state index in [1.165, 1.54) is 6.07 Å². The minimum Gasteiger partial charge on any atom is -0.505 e. The highest BCUT2D eigenvalue weighted by atomic mass is 16.3. The highest BCUT2D eigenvalue weighted by Gasteiger charge is 2.45. The maximum Gasteiger partial charge on any atom is 0.257 e. The summed E-state index contributed by atoms with van der Waals surface area (Å²) in [7, 11) is 0. The van der Waals surface area contributed by atoms with Gasteiger partial charge in [-0.25, -0.2) is 0 Å². The van der Waals surface area contributed by atoms with Crippen molar-refractivity contribution in [2.45, 2.75) is 38.6 Å². The Morgan fingerprint density at radius 3 is 2.35 bits per heavy atom. The number of hydrogen-bond acceptors (Lipinski definition) is 7. The number of para-hydroxylation sites is 1. The van der Waals surface area contributed by atoms with Gasteiger partial charge in [0.05, 0.1) is 22.7 Å². The fourth-order valence-corrected chi connectivity index (χ4v) is 5.38. The van der Waals surface area contributed by atoms with E-state index in [1.807, 2.05) is 37.3 Å². The Hall–Kier alpha value is -4.14. The van der Waals surface area contributed by atoms with Gasteiger partial charge in [0, 0.05) is 19.6 Å². The molecular weight excluding hydrogens is 472 g/mol. The monoisotopic (exact) mass is 502 g/mol. The zero-order valence-electron chi connectivity index (χ0n) is 20.7. The minimum atomic E-state index is -0.683. The highest BCUT2D eigenvalue weighted by Crippen LogP contribution is 2.39. The summed E-state index contributed by atoms with van der Waals surface area (Å²) in [6.07, 6.45) is 2.64. The summed E-state index contributed by atoms with van der Waals surface area (Å²) in [5.41, 5.74) is -0.236. The maximum atomic E-state index is 13.2. The third-order valence-electron chi connectivity index (χ3n) is 7.74. The van der Waals surface area contributed by atoms with Crippen LogP contribution >= 0.6 is 0 Å². The van der Waals surface area contributed by atoms with Gasteiger partial charge in [0.2, 0.25) is 5.91 Å². The maximum absolute atomic E-state index is 13.2. The molecule has 2 heterocycles. The predicted octanol–water partition coefficient (Wildman–Crippen LogP) is 3.04. The van der Waals surface area contributed by atoms with Crippen LogP contribution in [0.15, 0.2) is 58.1 Å². The Labute approximate surface area is 214 Å². The van der Waals surface area contributed by atoms with Crippen LogP contribution in [0, 0.1) is 5.41 Å². The van der Waals surface area contributed by atoms with Crippen LogP contribution in [0.1, 0.15) is 54.6 Å². The van der Waals surface area contributed by atoms with Crippen molar-refractivity contribution in [3.63, 3.8) is 0 Å². The lowest BCUT2D eigenvalue weighted by Crippen LogP contribution is -2.46. The second-order valence-corrected chi connectivity index (χ2v) is 9.83. The van der Waals surface area contributed by atoms with Gasteiger partial charge >= 0.3 is 0 Å². The SMILES string of the molecule is CCC(Nc1c(Nc2cccc(C(=O)N3CCC4(CCNC4=O)CC3)c2O)c(=O)c1=O)c1ccccc1. The topological polar surface area (TPSA) is 128 Å². The average molecular weight is 503 g/mol. The summed E-state index contributed by atoms with van der Waals surface area (Å²) in [6.45, 7) is 3.49. The van der Waals surface area contributed by atoms with Gasteiger partial charge in [-0.1, -0.05) is 43.3 Å². The first kappa shape index (κ1) is 24.5. The normalized spacial score (nSPS) is 17.5. The lowest BCUT2D eigenvalue weighted by molar-refractivity contribution is -0.129. The van der Waals surface area contributed by atoms with Crippen molar-refractivity contribution in [1.82, 2.24) is 10.2 Å². The van der Waals surface area contributed by atoms with Crippen molar-refractivity contribution < 1.29 is 14.7 Å². The minimum absolute atomic E-state index is 0.0589. The molecule has 192 valence electrons. The van der Waals surface area contributed by atoms with Crippen LogP contribution < -0.4 is 26.8 Å². The van der Waals surface area contributed by atoms with Gasteiger partial charge in [-0.3, -0.25) is 19.2 Å². The van der Waals surface area contributed by atoms with Crippen LogP contribution in [0.4, 0.5) is 17.1 Å². The molecule has 2 amide bonds. The lowest BCUT2D eigenvalue weighted by atomic mass is 9.77. The molecule has 1 atom stereocenters. The van der Waals surface area contributed by atoms with E-state index < -0.39 is 16.3 Å². The van der Waals surface area contributed by atoms with Crippen LogP contribution in [0.2, 0.25) is 0 Å². The Balaban J connectivity index is 1.33. The van der Waals surface area contributed by atoms with Crippen molar-refractivity contribution in [2.24, 2.45) is 5.41 Å². The second-order valence-electron chi connectivity index (χ2n) is 9.83. The van der Waals surface area contributed by atoms with Gasteiger partial charge < -0.3 is 26.0 Å². The van der Waals surface area contributed by atoms with Gasteiger partial charge in [-0.2, -0.15) is 0 Å². The molecule has 3 aromatic rings. The predicted molar refractivity (Wildman–Crippen MR) is 141 cm³/mol. The highest BCUT2D eigenvalue weighted by molar-refractivity contribution is 5.99. The van der Waals surface area contributed by atoms with Crippen molar-refractivity contribution in [3.05, 3.63) is 80.1 Å². The quantitative estimate of drug-likeness (QED) is 0.289. The van der Waals surface area contributed by atoms with Crippen LogP contribution in [0.25, 0.3) is 0 Å². The Morgan fingerprint density at radius 1 is 1.00 bits per heavy atom. The van der Waals surface area contributed by atoms with E-state index in [0.29, 0.717) is 38.9 Å². The van der Waals surface area contributed by atoms with E-state index in [-0.39, 0.29) is 46.2 Å². The Morgan fingerprint density at radius 2 is 1.70 bits per heavy atom. The molecule has 2 aliphatic heterocycles. The molecule has 4 N–H and O–H groups in total. The number of rotatable bonds is 7. The number of likely N-dealkylation sites (tertiary alicyclic amines) is 1. The molecule has 2 fully saturated rings. The first-order chi connectivity index (χ1) is 17.8. The number of nitrogens with zero attached hydrogens (tertiary/aromatic N) is 1. The molecule has 5 rings (SSSR count). The zero-order chi connectivity index (χ0) is 26.2. The molecule has 0 radical (unpaired) electrons. The van der Waals surface area contributed by atoms with Crippen molar-refractivity contribution in [3.8, 4) is 5.75 Å². The van der Waals surface area contributed by atoms with E-state index in [9.17, 15) is 24.3 Å². The molecule has 3 aromatic carbocycles. The van der Waals surface area contributed by atoms with Crippen LogP contribution in [-0.4, -0.2) is 41.5 Å². The fraction of sp³-hybridized carbons (Fsp3) is 0.357. The van der Waals surface area contributed by atoms with Crippen molar-refractivity contribution >= 4 is 28.9 Å². The number of hydrogen-bond donors (Lipinski definition) is 4. The Kier molecular flexibility index (Phi) is 6.45. The summed E-state index contributed by atoms with van der Waals surface area (Å²) in [5, 5.41) is 19.9. The van der Waals surface area contributed by atoms with Crippen molar-refractivity contribution in [1.29, 1.82) is 0 Å². The van der Waals surface area contributed by atoms with Crippen LogP contribution in [-0.2, 0) is 4.79 Å². The third-order valence-corrected chi connectivity index (χ3v) is 7.74. The number of phenols is 1. The van der Waals surface area contributed by atoms with Crippen LogP contribution in [0.3, 0.4) is 0 Å². The largest absolute Gasteiger partial charge is 0.505 e. The van der Waals surface area contributed by atoms with E-state index in [2.05, 4.69) is 16.0 Å². The number of phenolic OH excluding ortho intramolecular Hbond substituents is 1. The summed E-state index contributed by atoms with van der Waals surface area (Å²) >= 11 is 0. The van der Waals surface area contributed by atoms with Gasteiger partial charge in [0.25, 0.3) is 16.8 Å². The third kappa shape index (κ3) is 4.34. The molecular formula is C28H30N4O5. The molecule has 0 aliphatic carbocycles. The van der Waals surface area contributed by atoms with Gasteiger partial charge in [-0.05, 0) is 43.4 Å². The molecule has 2 saturated heterocycles. The molecule has 37 heavy (non-hydrogen) atoms. The standard InChI is InChI=1S/C28H30N4O5/c1-2-19(17-7-4-3-5-8-17)30-21-22(25(35)24(21)34)31-20-10-6-9-18(23(20)33)26(36)32-15-12-28(13-16-32)11-14-29-27(28)37/h3-10,19,30-31,33H,2,11-16H2,1H3,(H,29,37). The summed E-state index contributed by atoms with van der Waals surface area (Å²) in [6, 6.07) is 14.1. The number of piperidine rings is 1. The summed E-state index contributed by atoms with van der Waals surface area (Å²) in [5.74, 6) is -0.572. The molecule has 1 unspecified atom stereocenters. The lowest BCUT2D eigenvalue weighted by Gasteiger charge is -2.37. The number of carbonyl (C=O) groups excluding carboxylic acids is 2. The molecule has 1 spiro atoms. The Bertz CT molecular complexity index is 1400. The van der Waals surface area contributed by atoms with E-state index in [4.69, 9.17) is 0 Å². The first-order valence-electron chi connectivity index (χ1n) is 12.7. The van der Waals surface area contributed by atoms with Gasteiger partial charge in [0.15, 0.2) is 5.75 Å². The number of aromatic hydroxyl groups is 1. The fourth-order valence-electron chi connectivity index (χ4n) is 5.38. The molecule has 9 heteroatoms. The number of benzene rings is 2. The molecule has 0 aromatic heterocycles. The summed E-state index contributed by atoms with van der Waals surface area (Å²) < 4.78 is 0. The number of nitrogens with one attached hydrogen (secondary N) is 3. The molecule has 0 saturated carbocycles.